The summed E-state index contributed by atoms with van der Waals surface area (Å²) < 4.78 is 11.5. The highest BCUT2D eigenvalue weighted by Gasteiger charge is 2.61. The second-order valence-corrected chi connectivity index (χ2v) is 5.51. The van der Waals surface area contributed by atoms with E-state index < -0.39 is 5.79 Å². The lowest BCUT2D eigenvalue weighted by atomic mass is 9.69. The zero-order valence-electron chi connectivity index (χ0n) is 11.8. The smallest absolute Gasteiger partial charge is 0.206 e. The minimum absolute atomic E-state index is 0.0131. The molecule has 0 aliphatic heterocycles. The van der Waals surface area contributed by atoms with E-state index >= 15 is 0 Å². The molecular formula is C17H18O3. The maximum Gasteiger partial charge on any atom is 0.206 e. The zero-order valence-corrected chi connectivity index (χ0v) is 11.8. The molecule has 0 aromatic carbocycles. The van der Waals surface area contributed by atoms with Crippen LogP contribution in [-0.2, 0) is 14.3 Å². The van der Waals surface area contributed by atoms with E-state index in [1.807, 2.05) is 0 Å². The number of ketones is 1. The predicted octanol–water partition coefficient (Wildman–Crippen LogP) is 2.11. The summed E-state index contributed by atoms with van der Waals surface area (Å²) in [5, 5.41) is 0. The first-order valence-corrected chi connectivity index (χ1v) is 6.85. The number of fused-ring (bicyclic) bond motifs is 5. The lowest BCUT2D eigenvalue weighted by Gasteiger charge is -2.44. The number of hydrogen-bond donors (Lipinski definition) is 0. The summed E-state index contributed by atoms with van der Waals surface area (Å²) in [5.41, 5.74) is 0.606. The quantitative estimate of drug-likeness (QED) is 0.438. The summed E-state index contributed by atoms with van der Waals surface area (Å²) in [7, 11) is 3.24. The average Bonchev–Trinajstić information content (AvgIpc) is 3.07. The van der Waals surface area contributed by atoms with Crippen molar-refractivity contribution in [3.63, 3.8) is 0 Å². The van der Waals surface area contributed by atoms with Crippen molar-refractivity contribution in [2.24, 2.45) is 23.7 Å². The van der Waals surface area contributed by atoms with Crippen molar-refractivity contribution in [1.29, 1.82) is 0 Å². The highest BCUT2D eigenvalue weighted by Crippen LogP contribution is 2.57. The maximum atomic E-state index is 12.4. The molecule has 2 bridgehead atoms. The number of ether oxygens (including phenoxy) is 2. The van der Waals surface area contributed by atoms with Crippen molar-refractivity contribution in [3.05, 3.63) is 36.5 Å². The molecular weight excluding hydrogens is 252 g/mol. The van der Waals surface area contributed by atoms with Crippen molar-refractivity contribution in [2.75, 3.05) is 14.2 Å². The molecule has 0 saturated heterocycles. The molecule has 0 heterocycles. The van der Waals surface area contributed by atoms with E-state index in [0.717, 1.165) is 6.42 Å². The fourth-order valence-corrected chi connectivity index (χ4v) is 4.07. The third-order valence-corrected chi connectivity index (χ3v) is 4.80. The average molecular weight is 270 g/mol. The molecule has 0 aromatic heterocycles. The van der Waals surface area contributed by atoms with Gasteiger partial charge in [0.25, 0.3) is 0 Å². The van der Waals surface area contributed by atoms with Crippen molar-refractivity contribution in [1.82, 2.24) is 0 Å². The van der Waals surface area contributed by atoms with Gasteiger partial charge in [-0.1, -0.05) is 30.6 Å². The second kappa shape index (κ2) is 4.73. The van der Waals surface area contributed by atoms with E-state index in [4.69, 9.17) is 9.47 Å². The van der Waals surface area contributed by atoms with E-state index in [2.05, 4.69) is 30.6 Å². The van der Waals surface area contributed by atoms with Crippen LogP contribution in [0, 0.1) is 35.5 Å². The molecule has 3 nitrogen and oxygen atoms in total. The Labute approximate surface area is 119 Å². The van der Waals surface area contributed by atoms with Crippen molar-refractivity contribution >= 4 is 5.78 Å². The van der Waals surface area contributed by atoms with Crippen LogP contribution >= 0.6 is 0 Å². The summed E-state index contributed by atoms with van der Waals surface area (Å²) in [5.74, 6) is 5.60. The van der Waals surface area contributed by atoms with E-state index in [1.165, 1.54) is 6.08 Å². The Balaban J connectivity index is 2.13. The molecule has 1 saturated carbocycles. The number of rotatable bonds is 2. The molecule has 0 radical (unpaired) electrons. The molecule has 20 heavy (non-hydrogen) atoms. The highest BCUT2D eigenvalue weighted by molar-refractivity contribution is 5.96. The van der Waals surface area contributed by atoms with Gasteiger partial charge in [0, 0.05) is 26.1 Å². The first kappa shape index (κ1) is 13.4. The largest absolute Gasteiger partial charge is 0.348 e. The van der Waals surface area contributed by atoms with Gasteiger partial charge in [-0.3, -0.25) is 4.79 Å². The molecule has 3 aliphatic rings. The Morgan fingerprint density at radius 1 is 1.35 bits per heavy atom. The van der Waals surface area contributed by atoms with Crippen molar-refractivity contribution < 1.29 is 14.3 Å². The molecule has 4 atom stereocenters. The molecule has 3 heteroatoms. The molecule has 3 rings (SSSR count). The fraction of sp³-hybridized carbons (Fsp3) is 0.471. The fourth-order valence-electron chi connectivity index (χ4n) is 4.07. The van der Waals surface area contributed by atoms with Crippen LogP contribution in [0.3, 0.4) is 0 Å². The van der Waals surface area contributed by atoms with Crippen molar-refractivity contribution in [3.8, 4) is 11.8 Å². The van der Waals surface area contributed by atoms with Gasteiger partial charge in [-0.15, -0.1) is 0 Å². The predicted molar refractivity (Wildman–Crippen MR) is 75.5 cm³/mol. The monoisotopic (exact) mass is 270 g/mol. The van der Waals surface area contributed by atoms with Gasteiger partial charge < -0.3 is 9.47 Å². The van der Waals surface area contributed by atoms with Gasteiger partial charge in [0.15, 0.2) is 5.78 Å². The SMILES string of the molecule is C=CC#CC1=CC(=O)[C@@H]2[C@@H]([C@@H]3C=C[C@H]2C3)C1(OC)OC. The number of methoxy groups -OCH3 is 2. The number of allylic oxidation sites excluding steroid dienone is 4. The van der Waals surface area contributed by atoms with Gasteiger partial charge in [0.1, 0.15) is 0 Å². The lowest BCUT2D eigenvalue weighted by Crippen LogP contribution is -2.53. The molecule has 0 aromatic rings. The number of hydrogen-bond acceptors (Lipinski definition) is 3. The summed E-state index contributed by atoms with van der Waals surface area (Å²) in [6, 6.07) is 0. The summed E-state index contributed by atoms with van der Waals surface area (Å²) in [4.78, 5) is 12.4. The van der Waals surface area contributed by atoms with Gasteiger partial charge in [-0.05, 0) is 30.4 Å². The van der Waals surface area contributed by atoms with Gasteiger partial charge in [-0.2, -0.15) is 0 Å². The van der Waals surface area contributed by atoms with Gasteiger partial charge in [0.2, 0.25) is 5.79 Å². The molecule has 0 spiro atoms. The molecule has 0 unspecified atom stereocenters. The Bertz CT molecular complexity index is 569. The zero-order chi connectivity index (χ0) is 14.3. The van der Waals surface area contributed by atoms with Crippen LogP contribution in [0.2, 0.25) is 0 Å². The van der Waals surface area contributed by atoms with Crippen LogP contribution in [0.5, 0.6) is 0 Å². The Morgan fingerprint density at radius 2 is 2.05 bits per heavy atom. The van der Waals surface area contributed by atoms with Crippen LogP contribution in [0.4, 0.5) is 0 Å². The molecule has 0 amide bonds. The standard InChI is InChI=1S/C17H18O3/c1-4-5-6-13-10-14(18)15-11-7-8-12(9-11)16(15)17(13,19-2)20-3/h4,7-8,10-12,15-16H,1,9H2,2-3H3/t11-,12+,15+,16+/m0/s1. The Kier molecular flexibility index (Phi) is 3.16. The minimum Gasteiger partial charge on any atom is -0.348 e. The van der Waals surface area contributed by atoms with Crippen molar-refractivity contribution in [2.45, 2.75) is 12.2 Å². The summed E-state index contributed by atoms with van der Waals surface area (Å²) >= 11 is 0. The molecule has 1 fully saturated rings. The third-order valence-electron chi connectivity index (χ3n) is 4.80. The normalized spacial score (nSPS) is 36.1. The molecule has 3 aliphatic carbocycles. The summed E-state index contributed by atoms with van der Waals surface area (Å²) in [6.45, 7) is 3.59. The first-order valence-electron chi connectivity index (χ1n) is 6.85. The highest BCUT2D eigenvalue weighted by atomic mass is 16.7. The van der Waals surface area contributed by atoms with Gasteiger partial charge in [0.05, 0.1) is 5.57 Å². The van der Waals surface area contributed by atoms with Crippen LogP contribution in [0.25, 0.3) is 0 Å². The maximum absolute atomic E-state index is 12.4. The van der Waals surface area contributed by atoms with Crippen LogP contribution in [-0.4, -0.2) is 25.8 Å². The minimum atomic E-state index is -0.918. The lowest BCUT2D eigenvalue weighted by molar-refractivity contribution is -0.225. The number of carbonyl (C=O) groups is 1. The van der Waals surface area contributed by atoms with Crippen LogP contribution in [0.15, 0.2) is 36.5 Å². The molecule has 104 valence electrons. The van der Waals surface area contributed by atoms with Gasteiger partial charge >= 0.3 is 0 Å². The topological polar surface area (TPSA) is 35.5 Å². The Morgan fingerprint density at radius 3 is 2.70 bits per heavy atom. The molecule has 0 N–H and O–H groups in total. The summed E-state index contributed by atoms with van der Waals surface area (Å²) in [6.07, 6.45) is 8.46. The number of carbonyl (C=O) groups excluding carboxylic acids is 1. The van der Waals surface area contributed by atoms with E-state index in [9.17, 15) is 4.79 Å². The van der Waals surface area contributed by atoms with E-state index in [1.54, 1.807) is 20.3 Å². The second-order valence-electron chi connectivity index (χ2n) is 5.51. The third kappa shape index (κ3) is 1.59. The van der Waals surface area contributed by atoms with Crippen LogP contribution < -0.4 is 0 Å². The van der Waals surface area contributed by atoms with Crippen LogP contribution in [0.1, 0.15) is 6.42 Å². The Hall–Kier alpha value is -1.63. The first-order chi connectivity index (χ1) is 9.67. The van der Waals surface area contributed by atoms with E-state index in [0.29, 0.717) is 17.4 Å². The van der Waals surface area contributed by atoms with Gasteiger partial charge in [-0.25, -0.2) is 0 Å². The van der Waals surface area contributed by atoms with E-state index in [-0.39, 0.29) is 17.6 Å².